The van der Waals surface area contributed by atoms with E-state index >= 15 is 0 Å². The summed E-state index contributed by atoms with van der Waals surface area (Å²) in [6, 6.07) is 19.0. The van der Waals surface area contributed by atoms with Crippen molar-refractivity contribution in [2.24, 2.45) is 11.8 Å². The second-order valence-corrected chi connectivity index (χ2v) is 7.28. The molecule has 5 nitrogen and oxygen atoms in total. The highest BCUT2D eigenvalue weighted by molar-refractivity contribution is 5.95. The molecule has 2 atom stereocenters. The zero-order valence-electron chi connectivity index (χ0n) is 16.3. The maximum absolute atomic E-state index is 12.9. The summed E-state index contributed by atoms with van der Waals surface area (Å²) in [5.74, 6) is 0.405. The monoisotopic (exact) mass is 381 g/mol. The number of hydrogen-bond acceptors (Lipinski definition) is 4. The molecule has 1 saturated carbocycles. The molecular formula is C23H27NO4. The zero-order chi connectivity index (χ0) is 19.8. The number of hydrogen-bond donors (Lipinski definition) is 0. The summed E-state index contributed by atoms with van der Waals surface area (Å²) in [6.07, 6.45) is 3.68. The van der Waals surface area contributed by atoms with Crippen LogP contribution in [0.4, 0.5) is 16.2 Å². The molecule has 0 saturated heterocycles. The minimum absolute atomic E-state index is 0.241. The van der Waals surface area contributed by atoms with E-state index in [0.29, 0.717) is 25.0 Å². The Kier molecular flexibility index (Phi) is 7.06. The van der Waals surface area contributed by atoms with Gasteiger partial charge in [-0.25, -0.2) is 9.69 Å². The number of para-hydroxylation sites is 2. The van der Waals surface area contributed by atoms with Gasteiger partial charge in [0.2, 0.25) is 0 Å². The van der Waals surface area contributed by atoms with Crippen molar-refractivity contribution in [2.75, 3.05) is 18.1 Å². The second-order valence-electron chi connectivity index (χ2n) is 7.28. The van der Waals surface area contributed by atoms with Crippen molar-refractivity contribution < 1.29 is 19.1 Å². The largest absolute Gasteiger partial charge is 0.466 e. The number of amides is 1. The van der Waals surface area contributed by atoms with Crippen LogP contribution in [-0.2, 0) is 14.3 Å². The van der Waals surface area contributed by atoms with Gasteiger partial charge in [-0.05, 0) is 55.4 Å². The fourth-order valence-corrected chi connectivity index (χ4v) is 3.71. The maximum atomic E-state index is 12.9. The van der Waals surface area contributed by atoms with Gasteiger partial charge >= 0.3 is 12.1 Å². The van der Waals surface area contributed by atoms with Gasteiger partial charge in [0.1, 0.15) is 0 Å². The summed E-state index contributed by atoms with van der Waals surface area (Å²) < 4.78 is 10.9. The number of carbonyl (C=O) groups is 2. The lowest BCUT2D eigenvalue weighted by Crippen LogP contribution is -2.30. The molecule has 2 unspecified atom stereocenters. The first-order valence-corrected chi connectivity index (χ1v) is 9.84. The molecule has 0 bridgehead atoms. The smallest absolute Gasteiger partial charge is 0.418 e. The van der Waals surface area contributed by atoms with Crippen molar-refractivity contribution in [1.29, 1.82) is 0 Å². The highest BCUT2D eigenvalue weighted by Crippen LogP contribution is 2.31. The lowest BCUT2D eigenvalue weighted by molar-refractivity contribution is -0.142. The number of ether oxygens (including phenoxy) is 2. The molecule has 0 N–H and O–H groups in total. The molecule has 0 spiro atoms. The molecule has 1 aliphatic carbocycles. The van der Waals surface area contributed by atoms with Crippen molar-refractivity contribution in [3.63, 3.8) is 0 Å². The number of nitrogens with zero attached hydrogens (tertiary/aromatic N) is 1. The van der Waals surface area contributed by atoms with Crippen LogP contribution in [0.25, 0.3) is 0 Å². The quantitative estimate of drug-likeness (QED) is 0.635. The predicted molar refractivity (Wildman–Crippen MR) is 108 cm³/mol. The lowest BCUT2D eigenvalue weighted by atomic mass is 9.82. The van der Waals surface area contributed by atoms with Gasteiger partial charge in [-0.2, -0.15) is 0 Å². The van der Waals surface area contributed by atoms with E-state index in [-0.39, 0.29) is 12.1 Å². The van der Waals surface area contributed by atoms with E-state index in [1.54, 1.807) is 4.90 Å². The van der Waals surface area contributed by atoms with E-state index in [1.807, 2.05) is 60.7 Å². The number of carbonyl (C=O) groups excluding carboxylic acids is 2. The van der Waals surface area contributed by atoms with Gasteiger partial charge in [0.25, 0.3) is 0 Å². The first kappa shape index (κ1) is 19.9. The second kappa shape index (κ2) is 9.93. The standard InChI is InChI=1S/C23H27NO4/c1-18(25)27-16-19-9-8-10-20(15-19)17-28-23(26)24(21-11-4-2-5-12-21)22-13-6-3-7-14-22/h2-7,11-14,19-20H,8-10,15-17H2,1H3. The Bertz CT molecular complexity index is 723. The molecule has 1 amide bonds. The Balaban J connectivity index is 1.62. The minimum atomic E-state index is -0.375. The van der Waals surface area contributed by atoms with Crippen LogP contribution in [-0.4, -0.2) is 25.3 Å². The van der Waals surface area contributed by atoms with E-state index in [9.17, 15) is 9.59 Å². The molecule has 28 heavy (non-hydrogen) atoms. The van der Waals surface area contributed by atoms with Gasteiger partial charge < -0.3 is 9.47 Å². The Hall–Kier alpha value is -2.82. The van der Waals surface area contributed by atoms with Crippen molar-refractivity contribution in [3.05, 3.63) is 60.7 Å². The topological polar surface area (TPSA) is 55.8 Å². The number of benzene rings is 2. The third-order valence-electron chi connectivity index (χ3n) is 5.07. The third kappa shape index (κ3) is 5.59. The Morgan fingerprint density at radius 3 is 1.86 bits per heavy atom. The highest BCUT2D eigenvalue weighted by Gasteiger charge is 2.26. The molecule has 1 aliphatic rings. The molecule has 5 heteroatoms. The molecule has 0 aliphatic heterocycles. The zero-order valence-corrected chi connectivity index (χ0v) is 16.3. The lowest BCUT2D eigenvalue weighted by Gasteiger charge is -2.29. The van der Waals surface area contributed by atoms with Crippen LogP contribution >= 0.6 is 0 Å². The van der Waals surface area contributed by atoms with Gasteiger partial charge in [-0.1, -0.05) is 42.8 Å². The molecule has 3 rings (SSSR count). The van der Waals surface area contributed by atoms with Crippen LogP contribution in [0.5, 0.6) is 0 Å². The fraction of sp³-hybridized carbons (Fsp3) is 0.391. The van der Waals surface area contributed by atoms with Crippen LogP contribution in [0.15, 0.2) is 60.7 Å². The van der Waals surface area contributed by atoms with Gasteiger partial charge in [-0.15, -0.1) is 0 Å². The molecule has 2 aromatic carbocycles. The number of esters is 1. The molecule has 0 heterocycles. The van der Waals surface area contributed by atoms with Crippen molar-refractivity contribution in [1.82, 2.24) is 0 Å². The Morgan fingerprint density at radius 2 is 1.36 bits per heavy atom. The molecule has 0 radical (unpaired) electrons. The Labute approximate surface area is 166 Å². The first-order chi connectivity index (χ1) is 13.6. The average Bonchev–Trinajstić information content (AvgIpc) is 2.73. The Morgan fingerprint density at radius 1 is 0.857 bits per heavy atom. The number of rotatable bonds is 6. The summed E-state index contributed by atoms with van der Waals surface area (Å²) in [5.41, 5.74) is 1.55. The molecule has 148 valence electrons. The molecule has 1 fully saturated rings. The fourth-order valence-electron chi connectivity index (χ4n) is 3.71. The predicted octanol–water partition coefficient (Wildman–Crippen LogP) is 5.33. The van der Waals surface area contributed by atoms with Gasteiger partial charge in [0, 0.05) is 6.92 Å². The van der Waals surface area contributed by atoms with Gasteiger partial charge in [-0.3, -0.25) is 4.79 Å². The van der Waals surface area contributed by atoms with Crippen molar-refractivity contribution in [2.45, 2.75) is 32.6 Å². The summed E-state index contributed by atoms with van der Waals surface area (Å²) in [4.78, 5) is 25.5. The summed E-state index contributed by atoms with van der Waals surface area (Å²) in [5, 5.41) is 0. The summed E-state index contributed by atoms with van der Waals surface area (Å²) in [7, 11) is 0. The van der Waals surface area contributed by atoms with Crippen molar-refractivity contribution in [3.8, 4) is 0 Å². The first-order valence-electron chi connectivity index (χ1n) is 9.84. The van der Waals surface area contributed by atoms with Crippen LogP contribution in [0.1, 0.15) is 32.6 Å². The van der Waals surface area contributed by atoms with Crippen LogP contribution in [0.2, 0.25) is 0 Å². The molecular weight excluding hydrogens is 354 g/mol. The van der Waals surface area contributed by atoms with Crippen LogP contribution < -0.4 is 4.90 Å². The van der Waals surface area contributed by atoms with Crippen molar-refractivity contribution >= 4 is 23.4 Å². The number of anilines is 2. The minimum Gasteiger partial charge on any atom is -0.466 e. The molecule has 0 aromatic heterocycles. The average molecular weight is 381 g/mol. The third-order valence-corrected chi connectivity index (χ3v) is 5.07. The van der Waals surface area contributed by atoms with E-state index in [2.05, 4.69) is 0 Å². The van der Waals surface area contributed by atoms with E-state index in [4.69, 9.17) is 9.47 Å². The summed E-state index contributed by atoms with van der Waals surface area (Å²) in [6.45, 7) is 2.27. The van der Waals surface area contributed by atoms with Gasteiger partial charge in [0.15, 0.2) is 0 Å². The van der Waals surface area contributed by atoms with Gasteiger partial charge in [0.05, 0.1) is 24.6 Å². The van der Waals surface area contributed by atoms with E-state index in [0.717, 1.165) is 37.1 Å². The van der Waals surface area contributed by atoms with E-state index < -0.39 is 0 Å². The highest BCUT2D eigenvalue weighted by atomic mass is 16.6. The SMILES string of the molecule is CC(=O)OCC1CCCC(COC(=O)N(c2ccccc2)c2ccccc2)C1. The normalized spacial score (nSPS) is 18.9. The van der Waals surface area contributed by atoms with E-state index in [1.165, 1.54) is 6.92 Å². The molecule has 2 aromatic rings. The summed E-state index contributed by atoms with van der Waals surface area (Å²) >= 11 is 0. The maximum Gasteiger partial charge on any atom is 0.418 e. The van der Waals surface area contributed by atoms with Crippen LogP contribution in [0.3, 0.4) is 0 Å². The van der Waals surface area contributed by atoms with Crippen LogP contribution in [0, 0.1) is 11.8 Å².